The van der Waals surface area contributed by atoms with Crippen LogP contribution in [0.2, 0.25) is 10.0 Å². The lowest BCUT2D eigenvalue weighted by Gasteiger charge is -2.34. The lowest BCUT2D eigenvalue weighted by atomic mass is 9.91. The van der Waals surface area contributed by atoms with Crippen molar-refractivity contribution in [1.29, 1.82) is 0 Å². The number of esters is 2. The van der Waals surface area contributed by atoms with Crippen molar-refractivity contribution >= 4 is 35.1 Å². The molecule has 1 aromatic carbocycles. The molecular weight excluding hydrogens is 408 g/mol. The Labute approximate surface area is 174 Å². The molecule has 0 amide bonds. The number of halogens is 3. The predicted octanol–water partition coefficient (Wildman–Crippen LogP) is 4.04. The van der Waals surface area contributed by atoms with Crippen LogP contribution in [-0.4, -0.2) is 48.3 Å². The second kappa shape index (κ2) is 7.81. The molecule has 2 aliphatic rings. The summed E-state index contributed by atoms with van der Waals surface area (Å²) < 4.78 is 26.2. The maximum absolute atomic E-state index is 16.0. The highest BCUT2D eigenvalue weighted by atomic mass is 35.5. The number of carbonyl (C=O) groups is 2. The van der Waals surface area contributed by atoms with E-state index in [1.807, 2.05) is 0 Å². The average Bonchev–Trinajstić information content (AvgIpc) is 2.99. The number of ether oxygens (including phenoxy) is 2. The van der Waals surface area contributed by atoms with Crippen LogP contribution < -0.4 is 0 Å². The molecule has 2 aliphatic carbocycles. The first-order valence-electron chi connectivity index (χ1n) is 9.42. The number of hydrogen-bond donors (Lipinski definition) is 0. The fourth-order valence-electron chi connectivity index (χ4n) is 4.92. The van der Waals surface area contributed by atoms with Crippen molar-refractivity contribution in [1.82, 2.24) is 4.90 Å². The number of carbonyl (C=O) groups excluding carboxylic acids is 2. The Bertz CT molecular complexity index is 791. The fraction of sp³-hybridized carbons (Fsp3) is 0.600. The van der Waals surface area contributed by atoms with E-state index in [0.29, 0.717) is 29.4 Å². The number of nitrogens with zero attached hydrogens (tertiary/aromatic N) is 1. The summed E-state index contributed by atoms with van der Waals surface area (Å²) in [6.07, 6.45) is 0.894. The number of rotatable bonds is 7. The van der Waals surface area contributed by atoms with Gasteiger partial charge in [0, 0.05) is 12.5 Å². The van der Waals surface area contributed by atoms with Gasteiger partial charge >= 0.3 is 11.9 Å². The average molecular weight is 432 g/mol. The second-order valence-corrected chi connectivity index (χ2v) is 8.11. The van der Waals surface area contributed by atoms with E-state index in [1.54, 1.807) is 44.0 Å². The molecular formula is C20H24Cl2FNO4. The van der Waals surface area contributed by atoms with Gasteiger partial charge < -0.3 is 9.47 Å². The zero-order valence-electron chi connectivity index (χ0n) is 16.1. The number of alkyl halides is 1. The highest BCUT2D eigenvalue weighted by Crippen LogP contribution is 2.72. The van der Waals surface area contributed by atoms with Crippen molar-refractivity contribution in [2.24, 2.45) is 11.8 Å². The molecule has 154 valence electrons. The Morgan fingerprint density at radius 3 is 2.46 bits per heavy atom. The van der Waals surface area contributed by atoms with Crippen LogP contribution in [0.5, 0.6) is 0 Å². The van der Waals surface area contributed by atoms with Gasteiger partial charge in [0.15, 0.2) is 0 Å². The van der Waals surface area contributed by atoms with E-state index in [-0.39, 0.29) is 13.2 Å². The Kier molecular flexibility index (Phi) is 5.95. The van der Waals surface area contributed by atoms with Crippen LogP contribution in [0.15, 0.2) is 18.2 Å². The lowest BCUT2D eigenvalue weighted by molar-refractivity contribution is -0.159. The fourth-order valence-corrected chi connectivity index (χ4v) is 5.24. The lowest BCUT2D eigenvalue weighted by Crippen LogP contribution is -2.51. The van der Waals surface area contributed by atoms with E-state index in [1.165, 1.54) is 0 Å². The van der Waals surface area contributed by atoms with E-state index in [4.69, 9.17) is 32.7 Å². The summed E-state index contributed by atoms with van der Waals surface area (Å²) in [5.41, 5.74) is -2.71. The SMILES string of the molecule is CCOC(=O)C1CCC2C(F)(C(=O)OCC)C12N(C)Cc1ccc(Cl)c(Cl)c1. The van der Waals surface area contributed by atoms with E-state index in [0.717, 1.165) is 5.56 Å². The van der Waals surface area contributed by atoms with Crippen LogP contribution in [0.3, 0.4) is 0 Å². The van der Waals surface area contributed by atoms with Gasteiger partial charge in [0.05, 0.1) is 34.7 Å². The minimum Gasteiger partial charge on any atom is -0.466 e. The Morgan fingerprint density at radius 1 is 1.18 bits per heavy atom. The predicted molar refractivity (Wildman–Crippen MR) is 104 cm³/mol. The molecule has 4 atom stereocenters. The van der Waals surface area contributed by atoms with Crippen LogP contribution in [0, 0.1) is 11.8 Å². The molecule has 4 unspecified atom stereocenters. The maximum atomic E-state index is 16.0. The Morgan fingerprint density at radius 2 is 1.86 bits per heavy atom. The smallest absolute Gasteiger partial charge is 0.346 e. The highest BCUT2D eigenvalue weighted by Gasteiger charge is 2.90. The largest absolute Gasteiger partial charge is 0.466 e. The third kappa shape index (κ3) is 3.01. The summed E-state index contributed by atoms with van der Waals surface area (Å²) in [5.74, 6) is -2.73. The number of benzene rings is 1. The topological polar surface area (TPSA) is 55.8 Å². The molecule has 0 aromatic heterocycles. The molecule has 8 heteroatoms. The van der Waals surface area contributed by atoms with Gasteiger partial charge in [0.2, 0.25) is 5.67 Å². The third-order valence-electron chi connectivity index (χ3n) is 5.97. The summed E-state index contributed by atoms with van der Waals surface area (Å²) >= 11 is 12.1. The van der Waals surface area contributed by atoms with Crippen LogP contribution >= 0.6 is 23.2 Å². The Hall–Kier alpha value is -1.37. The molecule has 5 nitrogen and oxygen atoms in total. The minimum atomic E-state index is -2.23. The van der Waals surface area contributed by atoms with Crippen LogP contribution in [-0.2, 0) is 25.6 Å². The van der Waals surface area contributed by atoms with Gasteiger partial charge in [-0.25, -0.2) is 9.18 Å². The number of hydrogen-bond acceptors (Lipinski definition) is 5. The maximum Gasteiger partial charge on any atom is 0.346 e. The molecule has 0 N–H and O–H groups in total. The molecule has 2 saturated carbocycles. The summed E-state index contributed by atoms with van der Waals surface area (Å²) in [6.45, 7) is 3.92. The van der Waals surface area contributed by atoms with Gasteiger partial charge in [-0.05, 0) is 51.4 Å². The highest BCUT2D eigenvalue weighted by molar-refractivity contribution is 6.42. The zero-order chi connectivity index (χ0) is 20.7. The van der Waals surface area contributed by atoms with Crippen LogP contribution in [0.25, 0.3) is 0 Å². The van der Waals surface area contributed by atoms with Gasteiger partial charge in [-0.1, -0.05) is 29.3 Å². The van der Waals surface area contributed by atoms with Crippen molar-refractivity contribution in [3.63, 3.8) is 0 Å². The summed E-state index contributed by atoms with van der Waals surface area (Å²) in [4.78, 5) is 26.9. The monoisotopic (exact) mass is 431 g/mol. The second-order valence-electron chi connectivity index (χ2n) is 7.30. The van der Waals surface area contributed by atoms with Crippen molar-refractivity contribution in [2.75, 3.05) is 20.3 Å². The molecule has 0 saturated heterocycles. The van der Waals surface area contributed by atoms with Gasteiger partial charge in [0.25, 0.3) is 0 Å². The van der Waals surface area contributed by atoms with Crippen LogP contribution in [0.4, 0.5) is 4.39 Å². The van der Waals surface area contributed by atoms with Crippen molar-refractivity contribution in [3.05, 3.63) is 33.8 Å². The van der Waals surface area contributed by atoms with Crippen molar-refractivity contribution in [3.8, 4) is 0 Å². The van der Waals surface area contributed by atoms with Gasteiger partial charge in [0.1, 0.15) is 0 Å². The molecule has 3 rings (SSSR count). The van der Waals surface area contributed by atoms with E-state index < -0.39 is 35.0 Å². The number of fused-ring (bicyclic) bond motifs is 1. The van der Waals surface area contributed by atoms with Gasteiger partial charge in [-0.3, -0.25) is 9.69 Å². The van der Waals surface area contributed by atoms with E-state index >= 15 is 4.39 Å². The summed E-state index contributed by atoms with van der Waals surface area (Å²) in [5, 5.41) is 0.815. The van der Waals surface area contributed by atoms with Gasteiger partial charge in [-0.2, -0.15) is 0 Å². The Balaban J connectivity index is 1.95. The molecule has 0 bridgehead atoms. The van der Waals surface area contributed by atoms with E-state index in [2.05, 4.69) is 0 Å². The van der Waals surface area contributed by atoms with Gasteiger partial charge in [-0.15, -0.1) is 0 Å². The molecule has 0 heterocycles. The van der Waals surface area contributed by atoms with Crippen LogP contribution in [0.1, 0.15) is 32.3 Å². The molecule has 0 radical (unpaired) electrons. The molecule has 0 spiro atoms. The molecule has 28 heavy (non-hydrogen) atoms. The summed E-state index contributed by atoms with van der Waals surface area (Å²) in [7, 11) is 1.72. The first kappa shape index (κ1) is 21.3. The van der Waals surface area contributed by atoms with E-state index in [9.17, 15) is 9.59 Å². The zero-order valence-corrected chi connectivity index (χ0v) is 17.6. The quantitative estimate of drug-likeness (QED) is 0.609. The third-order valence-corrected chi connectivity index (χ3v) is 6.70. The first-order chi connectivity index (χ1) is 13.2. The molecule has 2 fully saturated rings. The normalized spacial score (nSPS) is 30.8. The molecule has 1 aromatic rings. The van der Waals surface area contributed by atoms with Crippen molar-refractivity contribution in [2.45, 2.75) is 44.4 Å². The van der Waals surface area contributed by atoms with Crippen molar-refractivity contribution < 1.29 is 23.5 Å². The molecule has 0 aliphatic heterocycles. The minimum absolute atomic E-state index is 0.0773. The first-order valence-corrected chi connectivity index (χ1v) is 10.2. The summed E-state index contributed by atoms with van der Waals surface area (Å²) in [6, 6.07) is 5.16. The standard InChI is InChI=1S/C20H24Cl2FNO4/c1-4-27-17(25)13-7-9-16-19(23,18(26)28-5-2)20(13,16)24(3)11-12-6-8-14(21)15(22)10-12/h6,8,10,13,16H,4-5,7,9,11H2,1-3H3.